The van der Waals surface area contributed by atoms with Crippen LogP contribution < -0.4 is 10.1 Å². The minimum Gasteiger partial charge on any atom is -0.496 e. The summed E-state index contributed by atoms with van der Waals surface area (Å²) in [6.07, 6.45) is 2.31. The Hall–Kier alpha value is -4.00. The Morgan fingerprint density at radius 3 is 2.35 bits per heavy atom. The molecule has 1 aliphatic heterocycles. The van der Waals surface area contributed by atoms with Gasteiger partial charge in [-0.25, -0.2) is 0 Å². The summed E-state index contributed by atoms with van der Waals surface area (Å²) in [7, 11) is 1.49. The van der Waals surface area contributed by atoms with Crippen LogP contribution in [-0.2, 0) is 13.0 Å². The Bertz CT molecular complexity index is 1110. The minimum absolute atomic E-state index is 0.0740. The normalized spacial score (nSPS) is 12.6. The summed E-state index contributed by atoms with van der Waals surface area (Å²) in [4.78, 5) is 43.4. The van der Waals surface area contributed by atoms with E-state index in [1.807, 2.05) is 18.2 Å². The molecule has 7 heteroatoms. The predicted octanol–water partition coefficient (Wildman–Crippen LogP) is 2.86. The standard InChI is InChI=1S/C24H21N3O4/c1-31-21-10-9-16(15-27-23(29)18-7-2-3-8-19(18)24(27)30)14-20(21)22(28)26-13-11-17-6-4-5-12-25-17/h2-10,12,14H,11,13,15H2,1H3,(H,26,28). The molecule has 2 aromatic carbocycles. The fraction of sp³-hybridized carbons (Fsp3) is 0.167. The van der Waals surface area contributed by atoms with Crippen molar-refractivity contribution in [2.45, 2.75) is 13.0 Å². The molecule has 0 atom stereocenters. The fourth-order valence-electron chi connectivity index (χ4n) is 3.54. The van der Waals surface area contributed by atoms with Crippen molar-refractivity contribution in [2.75, 3.05) is 13.7 Å². The molecule has 0 radical (unpaired) electrons. The third kappa shape index (κ3) is 4.16. The van der Waals surface area contributed by atoms with Gasteiger partial charge in [-0.15, -0.1) is 0 Å². The Morgan fingerprint density at radius 1 is 1.00 bits per heavy atom. The quantitative estimate of drug-likeness (QED) is 0.600. The van der Waals surface area contributed by atoms with Gasteiger partial charge in [-0.2, -0.15) is 0 Å². The van der Waals surface area contributed by atoms with Crippen molar-refractivity contribution in [3.05, 3.63) is 94.8 Å². The zero-order chi connectivity index (χ0) is 21.8. The van der Waals surface area contributed by atoms with Gasteiger partial charge in [0.25, 0.3) is 17.7 Å². The molecule has 156 valence electrons. The first-order valence-corrected chi connectivity index (χ1v) is 9.88. The number of nitrogens with one attached hydrogen (secondary N) is 1. The van der Waals surface area contributed by atoms with Crippen molar-refractivity contribution < 1.29 is 19.1 Å². The van der Waals surface area contributed by atoms with Gasteiger partial charge in [0.2, 0.25) is 0 Å². The maximum atomic E-state index is 12.8. The number of rotatable bonds is 7. The number of aromatic nitrogens is 1. The maximum absolute atomic E-state index is 12.8. The topological polar surface area (TPSA) is 88.6 Å². The lowest BCUT2D eigenvalue weighted by atomic mass is 10.1. The zero-order valence-corrected chi connectivity index (χ0v) is 17.0. The molecule has 0 saturated heterocycles. The number of fused-ring (bicyclic) bond motifs is 1. The summed E-state index contributed by atoms with van der Waals surface area (Å²) in [5, 5.41) is 2.87. The van der Waals surface area contributed by atoms with Crippen LogP contribution >= 0.6 is 0 Å². The number of carbonyl (C=O) groups is 3. The second-order valence-electron chi connectivity index (χ2n) is 7.10. The predicted molar refractivity (Wildman–Crippen MR) is 114 cm³/mol. The Balaban J connectivity index is 1.48. The Labute approximate surface area is 179 Å². The molecular weight excluding hydrogens is 394 g/mol. The summed E-state index contributed by atoms with van der Waals surface area (Å²) < 4.78 is 5.33. The van der Waals surface area contributed by atoms with Gasteiger partial charge >= 0.3 is 0 Å². The lowest BCUT2D eigenvalue weighted by molar-refractivity contribution is 0.0642. The van der Waals surface area contributed by atoms with Crippen molar-refractivity contribution in [1.29, 1.82) is 0 Å². The summed E-state index contributed by atoms with van der Waals surface area (Å²) in [5.74, 6) is -0.547. The molecule has 4 rings (SSSR count). The molecule has 1 aromatic heterocycles. The average Bonchev–Trinajstić information content (AvgIpc) is 3.04. The molecule has 7 nitrogen and oxygen atoms in total. The highest BCUT2D eigenvalue weighted by Crippen LogP contribution is 2.26. The van der Waals surface area contributed by atoms with Crippen LogP contribution in [0.5, 0.6) is 5.75 Å². The van der Waals surface area contributed by atoms with Crippen molar-refractivity contribution in [1.82, 2.24) is 15.2 Å². The molecule has 31 heavy (non-hydrogen) atoms. The van der Waals surface area contributed by atoms with E-state index in [1.54, 1.807) is 48.7 Å². The van der Waals surface area contributed by atoms with Crippen LogP contribution in [-0.4, -0.2) is 41.3 Å². The molecule has 0 spiro atoms. The van der Waals surface area contributed by atoms with E-state index < -0.39 is 0 Å². The number of hydrogen-bond donors (Lipinski definition) is 1. The first kappa shape index (κ1) is 20.3. The highest BCUT2D eigenvalue weighted by molar-refractivity contribution is 6.21. The zero-order valence-electron chi connectivity index (χ0n) is 17.0. The van der Waals surface area contributed by atoms with Crippen LogP contribution in [0.2, 0.25) is 0 Å². The number of carbonyl (C=O) groups excluding carboxylic acids is 3. The van der Waals surface area contributed by atoms with Crippen molar-refractivity contribution in [3.8, 4) is 5.75 Å². The van der Waals surface area contributed by atoms with Gasteiger partial charge in [-0.3, -0.25) is 24.3 Å². The van der Waals surface area contributed by atoms with E-state index >= 15 is 0 Å². The van der Waals surface area contributed by atoms with Gasteiger partial charge in [-0.1, -0.05) is 24.3 Å². The largest absolute Gasteiger partial charge is 0.496 e. The second kappa shape index (κ2) is 8.79. The molecule has 1 N–H and O–H groups in total. The summed E-state index contributed by atoms with van der Waals surface area (Å²) in [6, 6.07) is 17.4. The first-order chi connectivity index (χ1) is 15.1. The summed E-state index contributed by atoms with van der Waals surface area (Å²) in [6.45, 7) is 0.492. The smallest absolute Gasteiger partial charge is 0.261 e. The molecule has 0 bridgehead atoms. The second-order valence-corrected chi connectivity index (χ2v) is 7.10. The van der Waals surface area contributed by atoms with Crippen LogP contribution in [0, 0.1) is 0 Å². The molecule has 0 fully saturated rings. The van der Waals surface area contributed by atoms with Crippen molar-refractivity contribution in [3.63, 3.8) is 0 Å². The Kier molecular flexibility index (Phi) is 5.75. The van der Waals surface area contributed by atoms with Gasteiger partial charge in [0, 0.05) is 24.9 Å². The van der Waals surface area contributed by atoms with E-state index in [0.29, 0.717) is 41.0 Å². The number of benzene rings is 2. The molecule has 3 amide bonds. The number of nitrogens with zero attached hydrogens (tertiary/aromatic N) is 2. The van der Waals surface area contributed by atoms with E-state index in [-0.39, 0.29) is 24.3 Å². The molecule has 2 heterocycles. The van der Waals surface area contributed by atoms with E-state index in [1.165, 1.54) is 12.0 Å². The number of methoxy groups -OCH3 is 1. The molecule has 0 unspecified atom stereocenters. The van der Waals surface area contributed by atoms with Crippen LogP contribution in [0.15, 0.2) is 66.9 Å². The van der Waals surface area contributed by atoms with Crippen LogP contribution in [0.4, 0.5) is 0 Å². The number of amides is 3. The van der Waals surface area contributed by atoms with Gasteiger partial charge in [0.05, 0.1) is 30.3 Å². The van der Waals surface area contributed by atoms with Gasteiger partial charge in [0.15, 0.2) is 0 Å². The molecular formula is C24H21N3O4. The number of pyridine rings is 1. The van der Waals surface area contributed by atoms with E-state index in [4.69, 9.17) is 4.74 Å². The third-order valence-corrected chi connectivity index (χ3v) is 5.12. The van der Waals surface area contributed by atoms with E-state index in [2.05, 4.69) is 10.3 Å². The van der Waals surface area contributed by atoms with Gasteiger partial charge in [0.1, 0.15) is 5.75 Å². The maximum Gasteiger partial charge on any atom is 0.261 e. The number of imide groups is 1. The molecule has 3 aromatic rings. The van der Waals surface area contributed by atoms with Crippen LogP contribution in [0.3, 0.4) is 0 Å². The SMILES string of the molecule is COc1ccc(CN2C(=O)c3ccccc3C2=O)cc1C(=O)NCCc1ccccn1. The third-order valence-electron chi connectivity index (χ3n) is 5.12. The van der Waals surface area contributed by atoms with Gasteiger partial charge < -0.3 is 10.1 Å². The molecule has 0 saturated carbocycles. The molecule has 0 aliphatic carbocycles. The monoisotopic (exact) mass is 415 g/mol. The van der Waals surface area contributed by atoms with E-state index in [9.17, 15) is 14.4 Å². The van der Waals surface area contributed by atoms with Crippen molar-refractivity contribution in [2.24, 2.45) is 0 Å². The highest BCUT2D eigenvalue weighted by Gasteiger charge is 2.35. The first-order valence-electron chi connectivity index (χ1n) is 9.88. The lowest BCUT2D eigenvalue weighted by Gasteiger charge is -2.16. The van der Waals surface area contributed by atoms with Crippen molar-refractivity contribution >= 4 is 17.7 Å². The number of ether oxygens (including phenoxy) is 1. The van der Waals surface area contributed by atoms with E-state index in [0.717, 1.165) is 5.69 Å². The molecule has 1 aliphatic rings. The average molecular weight is 415 g/mol. The minimum atomic E-state index is -0.335. The fourth-order valence-corrected chi connectivity index (χ4v) is 3.54. The summed E-state index contributed by atoms with van der Waals surface area (Å²) in [5.41, 5.74) is 2.68. The van der Waals surface area contributed by atoms with Crippen LogP contribution in [0.1, 0.15) is 42.3 Å². The summed E-state index contributed by atoms with van der Waals surface area (Å²) >= 11 is 0. The lowest BCUT2D eigenvalue weighted by Crippen LogP contribution is -2.29. The highest BCUT2D eigenvalue weighted by atomic mass is 16.5. The number of hydrogen-bond acceptors (Lipinski definition) is 5. The van der Waals surface area contributed by atoms with Crippen LogP contribution in [0.25, 0.3) is 0 Å². The Morgan fingerprint density at radius 2 is 1.71 bits per heavy atom. The van der Waals surface area contributed by atoms with Gasteiger partial charge in [-0.05, 0) is 42.0 Å².